The van der Waals surface area contributed by atoms with Crippen molar-refractivity contribution in [2.24, 2.45) is 4.99 Å². The maximum Gasteiger partial charge on any atom is 0.219 e. The molecule has 2 heterocycles. The lowest BCUT2D eigenvalue weighted by Crippen LogP contribution is -2.56. The van der Waals surface area contributed by atoms with Crippen LogP contribution in [0.3, 0.4) is 0 Å². The fraction of sp³-hybridized carbons (Fsp3) is 0.478. The Balaban J connectivity index is 1.59. The van der Waals surface area contributed by atoms with E-state index in [9.17, 15) is 4.39 Å². The van der Waals surface area contributed by atoms with Gasteiger partial charge in [0.2, 0.25) is 5.88 Å². The molecule has 0 aliphatic carbocycles. The van der Waals surface area contributed by atoms with Crippen molar-refractivity contribution in [1.82, 2.24) is 20.5 Å². The smallest absolute Gasteiger partial charge is 0.219 e. The molecule has 1 fully saturated rings. The van der Waals surface area contributed by atoms with Crippen molar-refractivity contribution < 1.29 is 13.9 Å². The molecule has 1 aliphatic heterocycles. The zero-order chi connectivity index (χ0) is 22.1. The Morgan fingerprint density at radius 3 is 2.65 bits per heavy atom. The van der Waals surface area contributed by atoms with Gasteiger partial charge in [0.25, 0.3) is 0 Å². The number of pyridine rings is 1. The molecule has 0 amide bonds. The Morgan fingerprint density at radius 1 is 1.19 bits per heavy atom. The van der Waals surface area contributed by atoms with Gasteiger partial charge in [-0.15, -0.1) is 0 Å². The number of hydrogen-bond acceptors (Lipinski definition) is 5. The van der Waals surface area contributed by atoms with Crippen molar-refractivity contribution in [3.63, 3.8) is 0 Å². The van der Waals surface area contributed by atoms with Crippen LogP contribution in [0.15, 0.2) is 47.6 Å². The molecule has 8 heteroatoms. The van der Waals surface area contributed by atoms with Crippen LogP contribution >= 0.6 is 0 Å². The fourth-order valence-electron chi connectivity index (χ4n) is 3.32. The number of aliphatic imine (C=N–C) groups is 1. The Bertz CT molecular complexity index is 851. The van der Waals surface area contributed by atoms with E-state index in [0.29, 0.717) is 18.2 Å². The van der Waals surface area contributed by atoms with Crippen LogP contribution in [0.1, 0.15) is 26.3 Å². The molecule has 3 rings (SSSR count). The maximum atomic E-state index is 13.1. The summed E-state index contributed by atoms with van der Waals surface area (Å²) >= 11 is 0. The molecule has 0 radical (unpaired) electrons. The van der Waals surface area contributed by atoms with Crippen molar-refractivity contribution in [1.29, 1.82) is 0 Å². The Hall–Kier alpha value is -2.71. The summed E-state index contributed by atoms with van der Waals surface area (Å²) in [6.07, 6.45) is 1.69. The molecule has 0 atom stereocenters. The Labute approximate surface area is 183 Å². The van der Waals surface area contributed by atoms with E-state index in [1.54, 1.807) is 18.3 Å². The van der Waals surface area contributed by atoms with E-state index in [1.807, 2.05) is 19.1 Å². The van der Waals surface area contributed by atoms with Crippen molar-refractivity contribution in [2.45, 2.75) is 32.9 Å². The number of aromatic nitrogens is 1. The van der Waals surface area contributed by atoms with Crippen LogP contribution in [0.25, 0.3) is 0 Å². The predicted molar refractivity (Wildman–Crippen MR) is 120 cm³/mol. The summed E-state index contributed by atoms with van der Waals surface area (Å²) in [7, 11) is 0. The zero-order valence-electron chi connectivity index (χ0n) is 18.5. The van der Waals surface area contributed by atoms with Gasteiger partial charge in [0.05, 0.1) is 19.8 Å². The average Bonchev–Trinajstić information content (AvgIpc) is 2.78. The molecular formula is C23H32FN5O2. The highest BCUT2D eigenvalue weighted by Gasteiger charge is 2.28. The first-order valence-corrected chi connectivity index (χ1v) is 10.7. The topological polar surface area (TPSA) is 71.0 Å². The lowest BCUT2D eigenvalue weighted by atomic mass is 10.0. The standard InChI is InChI=1S/C23H32FN5O2/c1-4-25-22(28-17-23(2,3)29-11-13-30-14-12-29)27-16-18-9-10-26-21(15-18)31-20-7-5-19(24)6-8-20/h5-10,15H,4,11-14,16-17H2,1-3H3,(H2,25,27,28). The fourth-order valence-corrected chi connectivity index (χ4v) is 3.32. The van der Waals surface area contributed by atoms with Crippen LogP contribution < -0.4 is 15.4 Å². The second-order valence-corrected chi connectivity index (χ2v) is 8.02. The Morgan fingerprint density at radius 2 is 1.94 bits per heavy atom. The van der Waals surface area contributed by atoms with Crippen molar-refractivity contribution in [3.05, 3.63) is 54.0 Å². The first kappa shape index (κ1) is 23.0. The van der Waals surface area contributed by atoms with E-state index in [1.165, 1.54) is 12.1 Å². The summed E-state index contributed by atoms with van der Waals surface area (Å²) in [5.41, 5.74) is 0.962. The van der Waals surface area contributed by atoms with Gasteiger partial charge in [0.1, 0.15) is 11.6 Å². The summed E-state index contributed by atoms with van der Waals surface area (Å²) in [5, 5.41) is 6.76. The van der Waals surface area contributed by atoms with Crippen molar-refractivity contribution >= 4 is 5.96 Å². The lowest BCUT2D eigenvalue weighted by molar-refractivity contribution is -0.00834. The van der Waals surface area contributed by atoms with E-state index in [0.717, 1.165) is 50.9 Å². The second-order valence-electron chi connectivity index (χ2n) is 8.02. The summed E-state index contributed by atoms with van der Waals surface area (Å²) < 4.78 is 24.2. The van der Waals surface area contributed by atoms with Crippen LogP contribution in [0, 0.1) is 5.82 Å². The number of benzene rings is 1. The van der Waals surface area contributed by atoms with Gasteiger partial charge in [0, 0.05) is 44.0 Å². The molecular weight excluding hydrogens is 397 g/mol. The summed E-state index contributed by atoms with van der Waals surface area (Å²) in [5.74, 6) is 1.45. The van der Waals surface area contributed by atoms with E-state index in [4.69, 9.17) is 14.5 Å². The first-order valence-electron chi connectivity index (χ1n) is 10.7. The van der Waals surface area contributed by atoms with Crippen LogP contribution in [0.5, 0.6) is 11.6 Å². The zero-order valence-corrected chi connectivity index (χ0v) is 18.5. The third kappa shape index (κ3) is 7.18. The van der Waals surface area contributed by atoms with E-state index in [2.05, 4.69) is 34.4 Å². The molecule has 0 unspecified atom stereocenters. The number of hydrogen-bond donors (Lipinski definition) is 2. The van der Waals surface area contributed by atoms with Gasteiger partial charge in [0.15, 0.2) is 5.96 Å². The lowest BCUT2D eigenvalue weighted by Gasteiger charge is -2.41. The highest BCUT2D eigenvalue weighted by atomic mass is 19.1. The molecule has 0 saturated carbocycles. The summed E-state index contributed by atoms with van der Waals surface area (Å²) in [6, 6.07) is 9.61. The highest BCUT2D eigenvalue weighted by molar-refractivity contribution is 5.79. The molecule has 2 N–H and O–H groups in total. The molecule has 168 valence electrons. The van der Waals surface area contributed by atoms with Crippen molar-refractivity contribution in [2.75, 3.05) is 39.4 Å². The molecule has 1 aromatic heterocycles. The van der Waals surface area contributed by atoms with E-state index < -0.39 is 0 Å². The van der Waals surface area contributed by atoms with Gasteiger partial charge >= 0.3 is 0 Å². The number of rotatable bonds is 8. The number of ether oxygens (including phenoxy) is 2. The molecule has 7 nitrogen and oxygen atoms in total. The van der Waals surface area contributed by atoms with Gasteiger partial charge in [-0.3, -0.25) is 4.90 Å². The van der Waals surface area contributed by atoms with Gasteiger partial charge in [-0.1, -0.05) is 0 Å². The van der Waals surface area contributed by atoms with E-state index in [-0.39, 0.29) is 11.4 Å². The summed E-state index contributed by atoms with van der Waals surface area (Å²) in [4.78, 5) is 11.4. The maximum absolute atomic E-state index is 13.1. The normalized spacial score (nSPS) is 15.5. The molecule has 0 bridgehead atoms. The SMILES string of the molecule is CCNC(=NCc1ccnc(Oc2ccc(F)cc2)c1)NCC(C)(C)N1CCOCC1. The second kappa shape index (κ2) is 11.1. The number of nitrogens with one attached hydrogen (secondary N) is 2. The van der Waals surface area contributed by atoms with Crippen LogP contribution in [0.4, 0.5) is 4.39 Å². The monoisotopic (exact) mass is 429 g/mol. The molecule has 1 saturated heterocycles. The largest absolute Gasteiger partial charge is 0.439 e. The molecule has 31 heavy (non-hydrogen) atoms. The van der Waals surface area contributed by atoms with Crippen LogP contribution in [0.2, 0.25) is 0 Å². The molecule has 0 spiro atoms. The number of guanidine groups is 1. The third-order valence-corrected chi connectivity index (χ3v) is 5.15. The third-order valence-electron chi connectivity index (χ3n) is 5.15. The molecule has 1 aliphatic rings. The minimum Gasteiger partial charge on any atom is -0.439 e. The van der Waals surface area contributed by atoms with Gasteiger partial charge in [-0.2, -0.15) is 0 Å². The van der Waals surface area contributed by atoms with Crippen molar-refractivity contribution in [3.8, 4) is 11.6 Å². The van der Waals surface area contributed by atoms with Gasteiger partial charge in [-0.25, -0.2) is 14.4 Å². The minimum absolute atomic E-state index is 0.00714. The quantitative estimate of drug-likeness (QED) is 0.496. The number of morpholine rings is 1. The number of halogens is 1. The minimum atomic E-state index is -0.302. The Kier molecular flexibility index (Phi) is 8.20. The number of nitrogens with zero attached hydrogens (tertiary/aromatic N) is 3. The average molecular weight is 430 g/mol. The molecule has 1 aromatic carbocycles. The van der Waals surface area contributed by atoms with Gasteiger partial charge in [-0.05, 0) is 56.7 Å². The predicted octanol–water partition coefficient (Wildman–Crippen LogP) is 3.18. The van der Waals surface area contributed by atoms with Gasteiger partial charge < -0.3 is 20.1 Å². The molecule has 2 aromatic rings. The van der Waals surface area contributed by atoms with Crippen LogP contribution in [-0.4, -0.2) is 60.8 Å². The first-order chi connectivity index (χ1) is 15.0. The summed E-state index contributed by atoms with van der Waals surface area (Å²) in [6.45, 7) is 12.0. The van der Waals surface area contributed by atoms with E-state index >= 15 is 0 Å². The highest BCUT2D eigenvalue weighted by Crippen LogP contribution is 2.20. The van der Waals surface area contributed by atoms with Crippen LogP contribution in [-0.2, 0) is 11.3 Å².